The van der Waals surface area contributed by atoms with Crippen LogP contribution >= 0.6 is 11.6 Å². The fourth-order valence-electron chi connectivity index (χ4n) is 3.56. The zero-order chi connectivity index (χ0) is 20.1. The number of hydrogen-bond donors (Lipinski definition) is 0. The third-order valence-electron chi connectivity index (χ3n) is 4.82. The molecule has 0 N–H and O–H groups in total. The number of anilines is 1. The lowest BCUT2D eigenvalue weighted by atomic mass is 9.84. The summed E-state index contributed by atoms with van der Waals surface area (Å²) in [6, 6.07) is 11.1. The van der Waals surface area contributed by atoms with Crippen molar-refractivity contribution in [1.82, 2.24) is 0 Å². The fraction of sp³-hybridized carbons (Fsp3) is 0.200. The number of carbonyl (C=O) groups is 2. The smallest absolute Gasteiger partial charge is 0.416 e. The number of ether oxygens (including phenoxy) is 1. The minimum absolute atomic E-state index is 0.0186. The molecule has 0 unspecified atom stereocenters. The number of carbonyl (C=O) groups excluding carboxylic acids is 2. The normalized spacial score (nSPS) is 19.7. The molecule has 2 aromatic carbocycles. The van der Waals surface area contributed by atoms with Crippen LogP contribution < -0.4 is 4.90 Å². The van der Waals surface area contributed by atoms with Gasteiger partial charge in [0, 0.05) is 23.0 Å². The van der Waals surface area contributed by atoms with Gasteiger partial charge in [0.1, 0.15) is 6.61 Å². The minimum Gasteiger partial charge on any atom is -0.456 e. The highest BCUT2D eigenvalue weighted by molar-refractivity contribution is 6.30. The number of amides is 1. The van der Waals surface area contributed by atoms with E-state index in [2.05, 4.69) is 0 Å². The second-order valence-electron chi connectivity index (χ2n) is 6.52. The second-order valence-corrected chi connectivity index (χ2v) is 6.96. The molecule has 144 valence electrons. The molecule has 0 radical (unpaired) electrons. The van der Waals surface area contributed by atoms with Gasteiger partial charge in [0.25, 0.3) is 0 Å². The van der Waals surface area contributed by atoms with Crippen LogP contribution in [0.5, 0.6) is 0 Å². The first-order chi connectivity index (χ1) is 13.3. The monoisotopic (exact) mass is 407 g/mol. The summed E-state index contributed by atoms with van der Waals surface area (Å²) in [4.78, 5) is 26.5. The van der Waals surface area contributed by atoms with Gasteiger partial charge in [0.2, 0.25) is 5.91 Å². The Hall–Kier alpha value is -2.80. The first-order valence-electron chi connectivity index (χ1n) is 8.41. The molecule has 28 heavy (non-hydrogen) atoms. The maximum absolute atomic E-state index is 12.9. The van der Waals surface area contributed by atoms with Crippen LogP contribution in [0, 0.1) is 0 Å². The SMILES string of the molecule is O=C1OCC2=C1[C@H](c1cccc(Cl)c1)CC(=O)N2c1ccc(C(F)(F)F)cc1. The molecule has 0 saturated carbocycles. The molecule has 0 bridgehead atoms. The Bertz CT molecular complexity index is 999. The predicted octanol–water partition coefficient (Wildman–Crippen LogP) is 4.69. The molecule has 1 atom stereocenters. The largest absolute Gasteiger partial charge is 0.456 e. The van der Waals surface area contributed by atoms with E-state index in [0.29, 0.717) is 21.9 Å². The number of rotatable bonds is 2. The second kappa shape index (κ2) is 6.67. The number of hydrogen-bond acceptors (Lipinski definition) is 3. The van der Waals surface area contributed by atoms with Gasteiger partial charge < -0.3 is 4.74 Å². The quantitative estimate of drug-likeness (QED) is 0.678. The Balaban J connectivity index is 1.77. The van der Waals surface area contributed by atoms with Crippen LogP contribution in [-0.4, -0.2) is 18.5 Å². The molecule has 8 heteroatoms. The van der Waals surface area contributed by atoms with E-state index in [-0.39, 0.29) is 24.6 Å². The van der Waals surface area contributed by atoms with Gasteiger partial charge in [-0.25, -0.2) is 4.79 Å². The Labute approximate surface area is 163 Å². The predicted molar refractivity (Wildman–Crippen MR) is 95.7 cm³/mol. The van der Waals surface area contributed by atoms with Crippen LogP contribution in [0.3, 0.4) is 0 Å². The first-order valence-corrected chi connectivity index (χ1v) is 8.79. The van der Waals surface area contributed by atoms with E-state index >= 15 is 0 Å². The average Bonchev–Trinajstić information content (AvgIpc) is 3.02. The summed E-state index contributed by atoms with van der Waals surface area (Å²) in [5, 5.41) is 0.476. The summed E-state index contributed by atoms with van der Waals surface area (Å²) in [7, 11) is 0. The van der Waals surface area contributed by atoms with E-state index in [4.69, 9.17) is 16.3 Å². The summed E-state index contributed by atoms with van der Waals surface area (Å²) < 4.78 is 43.6. The molecule has 0 fully saturated rings. The number of cyclic esters (lactones) is 1. The lowest BCUT2D eigenvalue weighted by Crippen LogP contribution is -2.37. The summed E-state index contributed by atoms with van der Waals surface area (Å²) in [5.41, 5.74) is 0.839. The van der Waals surface area contributed by atoms with Crippen LogP contribution in [-0.2, 0) is 20.5 Å². The van der Waals surface area contributed by atoms with E-state index in [1.165, 1.54) is 17.0 Å². The van der Waals surface area contributed by atoms with Crippen molar-refractivity contribution in [2.24, 2.45) is 0 Å². The van der Waals surface area contributed by atoms with Gasteiger partial charge in [-0.2, -0.15) is 13.2 Å². The van der Waals surface area contributed by atoms with Crippen LogP contribution in [0.25, 0.3) is 0 Å². The Morgan fingerprint density at radius 3 is 2.43 bits per heavy atom. The zero-order valence-corrected chi connectivity index (χ0v) is 15.1. The minimum atomic E-state index is -4.47. The lowest BCUT2D eigenvalue weighted by molar-refractivity contribution is -0.138. The van der Waals surface area contributed by atoms with Crippen LogP contribution in [0.1, 0.15) is 23.5 Å². The molecule has 0 spiro atoms. The Kier molecular flexibility index (Phi) is 4.42. The molecule has 0 aliphatic carbocycles. The highest BCUT2D eigenvalue weighted by atomic mass is 35.5. The molecule has 2 aromatic rings. The number of esters is 1. The summed E-state index contributed by atoms with van der Waals surface area (Å²) in [6.45, 7) is -0.113. The number of nitrogens with zero attached hydrogens (tertiary/aromatic N) is 1. The number of alkyl halides is 3. The maximum atomic E-state index is 12.9. The van der Waals surface area contributed by atoms with E-state index in [1.807, 2.05) is 0 Å². The van der Waals surface area contributed by atoms with Crippen molar-refractivity contribution in [1.29, 1.82) is 0 Å². The molecule has 4 nitrogen and oxygen atoms in total. The molecular weight excluding hydrogens is 395 g/mol. The van der Waals surface area contributed by atoms with Crippen LogP contribution in [0.4, 0.5) is 18.9 Å². The van der Waals surface area contributed by atoms with Crippen molar-refractivity contribution < 1.29 is 27.5 Å². The molecule has 2 aliphatic heterocycles. The van der Waals surface area contributed by atoms with Crippen LogP contribution in [0.15, 0.2) is 59.8 Å². The molecule has 0 saturated heterocycles. The topological polar surface area (TPSA) is 46.6 Å². The number of benzene rings is 2. The van der Waals surface area contributed by atoms with Gasteiger partial charge in [0.05, 0.1) is 16.8 Å². The molecule has 2 heterocycles. The van der Waals surface area contributed by atoms with Gasteiger partial charge in [-0.3, -0.25) is 9.69 Å². The van der Waals surface area contributed by atoms with Gasteiger partial charge in [-0.15, -0.1) is 0 Å². The van der Waals surface area contributed by atoms with Crippen molar-refractivity contribution in [3.63, 3.8) is 0 Å². The van der Waals surface area contributed by atoms with Crippen molar-refractivity contribution in [3.05, 3.63) is 76.0 Å². The van der Waals surface area contributed by atoms with Gasteiger partial charge >= 0.3 is 12.1 Å². The lowest BCUT2D eigenvalue weighted by Gasteiger charge is -2.32. The molecular formula is C20H13ClF3NO3. The Morgan fingerprint density at radius 1 is 1.07 bits per heavy atom. The standard InChI is InChI=1S/C20H13ClF3NO3/c21-13-3-1-2-11(8-13)15-9-17(26)25(16-10-28-19(27)18(15)16)14-6-4-12(5-7-14)20(22,23)24/h1-8,15H,9-10H2/t15-/m0/s1. The van der Waals surface area contributed by atoms with Crippen LogP contribution in [0.2, 0.25) is 5.02 Å². The van der Waals surface area contributed by atoms with Crippen molar-refractivity contribution >= 4 is 29.2 Å². The van der Waals surface area contributed by atoms with Gasteiger partial charge in [0.15, 0.2) is 0 Å². The van der Waals surface area contributed by atoms with Crippen molar-refractivity contribution in [2.45, 2.75) is 18.5 Å². The number of halogens is 4. The molecule has 1 amide bonds. The fourth-order valence-corrected chi connectivity index (χ4v) is 3.76. The van der Waals surface area contributed by atoms with E-state index < -0.39 is 23.6 Å². The maximum Gasteiger partial charge on any atom is 0.416 e. The Morgan fingerprint density at radius 2 is 1.79 bits per heavy atom. The molecule has 0 aromatic heterocycles. The molecule has 4 rings (SSSR count). The average molecular weight is 408 g/mol. The summed E-state index contributed by atoms with van der Waals surface area (Å²) in [5.74, 6) is -1.38. The third-order valence-corrected chi connectivity index (χ3v) is 5.06. The summed E-state index contributed by atoms with van der Waals surface area (Å²) >= 11 is 6.04. The van der Waals surface area contributed by atoms with E-state index in [1.54, 1.807) is 24.3 Å². The highest BCUT2D eigenvalue weighted by Gasteiger charge is 2.43. The highest BCUT2D eigenvalue weighted by Crippen LogP contribution is 2.42. The van der Waals surface area contributed by atoms with E-state index in [0.717, 1.165) is 12.1 Å². The first kappa shape index (κ1) is 18.6. The van der Waals surface area contributed by atoms with Crippen molar-refractivity contribution in [2.75, 3.05) is 11.5 Å². The summed E-state index contributed by atoms with van der Waals surface area (Å²) in [6.07, 6.45) is -4.49. The van der Waals surface area contributed by atoms with Crippen molar-refractivity contribution in [3.8, 4) is 0 Å². The van der Waals surface area contributed by atoms with Gasteiger partial charge in [-0.05, 0) is 42.0 Å². The zero-order valence-electron chi connectivity index (χ0n) is 14.3. The molecule has 2 aliphatic rings. The third kappa shape index (κ3) is 3.16. The van der Waals surface area contributed by atoms with Gasteiger partial charge in [-0.1, -0.05) is 23.7 Å². The van der Waals surface area contributed by atoms with E-state index in [9.17, 15) is 22.8 Å².